The van der Waals surface area contributed by atoms with Crippen molar-refractivity contribution in [1.82, 2.24) is 9.62 Å². The molecule has 5 heteroatoms. The lowest BCUT2D eigenvalue weighted by molar-refractivity contribution is 0.329. The van der Waals surface area contributed by atoms with Gasteiger partial charge in [-0.3, -0.25) is 0 Å². The van der Waals surface area contributed by atoms with Crippen LogP contribution in [0.4, 0.5) is 0 Å². The van der Waals surface area contributed by atoms with Crippen molar-refractivity contribution in [3.63, 3.8) is 0 Å². The van der Waals surface area contributed by atoms with E-state index in [1.807, 2.05) is 6.92 Å². The van der Waals surface area contributed by atoms with Gasteiger partial charge in [-0.25, -0.2) is 8.42 Å². The minimum Gasteiger partial charge on any atom is -0.316 e. The normalized spacial score (nSPS) is 35.5. The first-order chi connectivity index (χ1) is 7.60. The number of nitrogens with zero attached hydrogens (tertiary/aromatic N) is 1. The molecule has 0 spiro atoms. The first-order valence-electron chi connectivity index (χ1n) is 6.30. The molecular formula is C11H22N2O2S. The van der Waals surface area contributed by atoms with Crippen molar-refractivity contribution in [2.45, 2.75) is 32.7 Å². The first-order valence-corrected chi connectivity index (χ1v) is 7.91. The summed E-state index contributed by atoms with van der Waals surface area (Å²) < 4.78 is 26.1. The highest BCUT2D eigenvalue weighted by molar-refractivity contribution is 7.89. The van der Waals surface area contributed by atoms with E-state index in [1.54, 1.807) is 4.31 Å². The van der Waals surface area contributed by atoms with Gasteiger partial charge in [-0.2, -0.15) is 4.31 Å². The Kier molecular flexibility index (Phi) is 3.56. The molecule has 2 heterocycles. The first kappa shape index (κ1) is 12.3. The molecule has 3 atom stereocenters. The summed E-state index contributed by atoms with van der Waals surface area (Å²) in [7, 11) is -3.01. The summed E-state index contributed by atoms with van der Waals surface area (Å²) in [6, 6.07) is 0.233. The molecule has 0 bridgehead atoms. The fourth-order valence-electron chi connectivity index (χ4n) is 3.19. The third kappa shape index (κ3) is 2.00. The molecule has 2 saturated heterocycles. The molecule has 16 heavy (non-hydrogen) atoms. The van der Waals surface area contributed by atoms with Crippen LogP contribution in [0.5, 0.6) is 0 Å². The predicted molar refractivity (Wildman–Crippen MR) is 64.7 cm³/mol. The molecule has 2 aliphatic rings. The van der Waals surface area contributed by atoms with E-state index < -0.39 is 10.0 Å². The maximum absolute atomic E-state index is 12.1. The van der Waals surface area contributed by atoms with E-state index >= 15 is 0 Å². The highest BCUT2D eigenvalue weighted by Gasteiger charge is 2.47. The summed E-state index contributed by atoms with van der Waals surface area (Å²) >= 11 is 0. The number of hydrogen-bond donors (Lipinski definition) is 1. The molecule has 0 radical (unpaired) electrons. The molecule has 2 fully saturated rings. The SMILES string of the molecule is CCCS(=O)(=O)N1CC2CNCC2C1CC. The maximum atomic E-state index is 12.1. The highest BCUT2D eigenvalue weighted by atomic mass is 32.2. The average molecular weight is 246 g/mol. The minimum absolute atomic E-state index is 0.233. The lowest BCUT2D eigenvalue weighted by Gasteiger charge is -2.26. The molecular weight excluding hydrogens is 224 g/mol. The highest BCUT2D eigenvalue weighted by Crippen LogP contribution is 2.36. The van der Waals surface area contributed by atoms with Crippen molar-refractivity contribution in [3.05, 3.63) is 0 Å². The number of hydrogen-bond acceptors (Lipinski definition) is 3. The lowest BCUT2D eigenvalue weighted by Crippen LogP contribution is -2.40. The molecule has 0 aromatic carbocycles. The second kappa shape index (κ2) is 4.63. The molecule has 2 rings (SSSR count). The van der Waals surface area contributed by atoms with Crippen LogP contribution in [0.3, 0.4) is 0 Å². The van der Waals surface area contributed by atoms with Gasteiger partial charge < -0.3 is 5.32 Å². The van der Waals surface area contributed by atoms with Crippen LogP contribution >= 0.6 is 0 Å². The van der Waals surface area contributed by atoms with Gasteiger partial charge in [0, 0.05) is 12.6 Å². The molecule has 2 aliphatic heterocycles. The van der Waals surface area contributed by atoms with Gasteiger partial charge in [-0.1, -0.05) is 13.8 Å². The number of rotatable bonds is 4. The van der Waals surface area contributed by atoms with Gasteiger partial charge in [0.05, 0.1) is 5.75 Å². The van der Waals surface area contributed by atoms with E-state index in [2.05, 4.69) is 12.2 Å². The Bertz CT molecular complexity index is 342. The maximum Gasteiger partial charge on any atom is 0.214 e. The summed E-state index contributed by atoms with van der Waals surface area (Å²) in [5.41, 5.74) is 0. The average Bonchev–Trinajstić information content (AvgIpc) is 2.75. The quantitative estimate of drug-likeness (QED) is 0.792. The predicted octanol–water partition coefficient (Wildman–Crippen LogP) is 0.656. The lowest BCUT2D eigenvalue weighted by atomic mass is 9.93. The monoisotopic (exact) mass is 246 g/mol. The van der Waals surface area contributed by atoms with Crippen molar-refractivity contribution in [1.29, 1.82) is 0 Å². The summed E-state index contributed by atoms with van der Waals surface area (Å²) in [6.45, 7) is 6.73. The summed E-state index contributed by atoms with van der Waals surface area (Å²) in [6.07, 6.45) is 1.65. The van der Waals surface area contributed by atoms with Crippen LogP contribution in [-0.4, -0.2) is 44.2 Å². The number of sulfonamides is 1. The second-order valence-electron chi connectivity index (χ2n) is 4.94. The van der Waals surface area contributed by atoms with Gasteiger partial charge in [-0.15, -0.1) is 0 Å². The Morgan fingerprint density at radius 1 is 1.31 bits per heavy atom. The largest absolute Gasteiger partial charge is 0.316 e. The van der Waals surface area contributed by atoms with Crippen LogP contribution < -0.4 is 5.32 Å². The molecule has 0 aliphatic carbocycles. The van der Waals surface area contributed by atoms with Gasteiger partial charge in [0.25, 0.3) is 0 Å². The van der Waals surface area contributed by atoms with E-state index in [0.29, 0.717) is 24.0 Å². The fourth-order valence-corrected chi connectivity index (χ4v) is 5.07. The van der Waals surface area contributed by atoms with E-state index in [4.69, 9.17) is 0 Å². The summed E-state index contributed by atoms with van der Waals surface area (Å²) in [4.78, 5) is 0. The zero-order valence-corrected chi connectivity index (χ0v) is 11.0. The van der Waals surface area contributed by atoms with Crippen molar-refractivity contribution < 1.29 is 8.42 Å². The molecule has 0 aromatic rings. The number of nitrogens with one attached hydrogen (secondary N) is 1. The molecule has 0 saturated carbocycles. The second-order valence-corrected chi connectivity index (χ2v) is 6.98. The summed E-state index contributed by atoms with van der Waals surface area (Å²) in [5, 5.41) is 3.37. The molecule has 0 amide bonds. The molecule has 4 nitrogen and oxygen atoms in total. The van der Waals surface area contributed by atoms with E-state index in [-0.39, 0.29) is 6.04 Å². The molecule has 94 valence electrons. The van der Waals surface area contributed by atoms with Crippen molar-refractivity contribution >= 4 is 10.0 Å². The number of fused-ring (bicyclic) bond motifs is 1. The molecule has 0 aromatic heterocycles. The van der Waals surface area contributed by atoms with Crippen molar-refractivity contribution in [2.75, 3.05) is 25.4 Å². The molecule has 1 N–H and O–H groups in total. The zero-order chi connectivity index (χ0) is 11.8. The van der Waals surface area contributed by atoms with Crippen molar-refractivity contribution in [2.24, 2.45) is 11.8 Å². The van der Waals surface area contributed by atoms with Crippen LogP contribution in [0.15, 0.2) is 0 Å². The smallest absolute Gasteiger partial charge is 0.214 e. The Hall–Kier alpha value is -0.130. The standard InChI is InChI=1S/C11H22N2O2S/c1-3-5-16(14,15)13-8-9-6-12-7-10(9)11(13)4-2/h9-12H,3-8H2,1-2H3. The van der Waals surface area contributed by atoms with Gasteiger partial charge in [0.15, 0.2) is 0 Å². The minimum atomic E-state index is -3.01. The third-order valence-electron chi connectivity index (χ3n) is 3.91. The van der Waals surface area contributed by atoms with Crippen LogP contribution in [-0.2, 0) is 10.0 Å². The van der Waals surface area contributed by atoms with E-state index in [9.17, 15) is 8.42 Å². The summed E-state index contributed by atoms with van der Waals surface area (Å²) in [5.74, 6) is 1.38. The van der Waals surface area contributed by atoms with Gasteiger partial charge in [0.1, 0.15) is 0 Å². The van der Waals surface area contributed by atoms with Gasteiger partial charge >= 0.3 is 0 Å². The topological polar surface area (TPSA) is 49.4 Å². The van der Waals surface area contributed by atoms with E-state index in [1.165, 1.54) is 0 Å². The van der Waals surface area contributed by atoms with E-state index in [0.717, 1.165) is 26.1 Å². The Labute approximate surface area is 98.4 Å². The Morgan fingerprint density at radius 3 is 2.69 bits per heavy atom. The van der Waals surface area contributed by atoms with Crippen LogP contribution in [0.1, 0.15) is 26.7 Å². The fraction of sp³-hybridized carbons (Fsp3) is 1.00. The van der Waals surface area contributed by atoms with Gasteiger partial charge in [0.2, 0.25) is 10.0 Å². The van der Waals surface area contributed by atoms with Gasteiger partial charge in [-0.05, 0) is 37.8 Å². The zero-order valence-electron chi connectivity index (χ0n) is 10.1. The van der Waals surface area contributed by atoms with Crippen LogP contribution in [0.25, 0.3) is 0 Å². The van der Waals surface area contributed by atoms with Crippen LogP contribution in [0, 0.1) is 11.8 Å². The van der Waals surface area contributed by atoms with Crippen LogP contribution in [0.2, 0.25) is 0 Å². The Morgan fingerprint density at radius 2 is 2.06 bits per heavy atom. The molecule has 3 unspecified atom stereocenters. The van der Waals surface area contributed by atoms with Crippen molar-refractivity contribution in [3.8, 4) is 0 Å². The Balaban J connectivity index is 2.17. The third-order valence-corrected chi connectivity index (χ3v) is 5.97.